The molecule has 0 saturated heterocycles. The van der Waals surface area contributed by atoms with Gasteiger partial charge in [-0.15, -0.1) is 0 Å². The van der Waals surface area contributed by atoms with E-state index >= 15 is 0 Å². The van der Waals surface area contributed by atoms with Gasteiger partial charge >= 0.3 is 0 Å². The maximum absolute atomic E-state index is 6.02. The van der Waals surface area contributed by atoms with E-state index in [9.17, 15) is 0 Å². The molecule has 2 rings (SSSR count). The maximum atomic E-state index is 6.02. The molecular weight excluding hydrogens is 198 g/mol. The lowest BCUT2D eigenvalue weighted by molar-refractivity contribution is 0.673. The lowest BCUT2D eigenvalue weighted by atomic mass is 10.1. The summed E-state index contributed by atoms with van der Waals surface area (Å²) in [5, 5.41) is 3.70. The normalized spacial score (nSPS) is 17.9. The van der Waals surface area contributed by atoms with Gasteiger partial charge in [0.1, 0.15) is 5.82 Å². The summed E-state index contributed by atoms with van der Waals surface area (Å²) in [5.74, 6) is 1.69. The van der Waals surface area contributed by atoms with Gasteiger partial charge in [0.05, 0.1) is 5.69 Å². The van der Waals surface area contributed by atoms with Crippen LogP contribution in [0.25, 0.3) is 0 Å². The van der Waals surface area contributed by atoms with E-state index in [1.807, 2.05) is 7.05 Å². The van der Waals surface area contributed by atoms with Gasteiger partial charge in [-0.2, -0.15) is 0 Å². The van der Waals surface area contributed by atoms with Crippen molar-refractivity contribution < 1.29 is 0 Å². The van der Waals surface area contributed by atoms with Crippen LogP contribution in [0.3, 0.4) is 0 Å². The fourth-order valence-electron chi connectivity index (χ4n) is 2.09. The number of hydrogen-bond donors (Lipinski definition) is 2. The molecule has 14 heavy (non-hydrogen) atoms. The van der Waals surface area contributed by atoms with E-state index in [-0.39, 0.29) is 0 Å². The van der Waals surface area contributed by atoms with Crippen molar-refractivity contribution >= 4 is 11.6 Å². The van der Waals surface area contributed by atoms with Crippen molar-refractivity contribution in [3.63, 3.8) is 0 Å². The Bertz CT molecular complexity index is 302. The zero-order chi connectivity index (χ0) is 9.97. The van der Waals surface area contributed by atoms with Crippen LogP contribution >= 0.6 is 11.6 Å². The molecule has 0 spiro atoms. The molecule has 4 heteroatoms. The van der Waals surface area contributed by atoms with Crippen molar-refractivity contribution in [2.24, 2.45) is 0 Å². The van der Waals surface area contributed by atoms with E-state index in [2.05, 4.69) is 15.3 Å². The van der Waals surface area contributed by atoms with Gasteiger partial charge in [0, 0.05) is 12.5 Å². The van der Waals surface area contributed by atoms with E-state index in [1.165, 1.54) is 25.7 Å². The number of rotatable bonds is 3. The van der Waals surface area contributed by atoms with Crippen molar-refractivity contribution in [1.29, 1.82) is 0 Å². The van der Waals surface area contributed by atoms with Gasteiger partial charge in [-0.25, -0.2) is 4.98 Å². The minimum Gasteiger partial charge on any atom is -0.343 e. The van der Waals surface area contributed by atoms with Crippen LogP contribution < -0.4 is 5.32 Å². The Balaban J connectivity index is 2.14. The first-order chi connectivity index (χ1) is 6.81. The highest BCUT2D eigenvalue weighted by Crippen LogP contribution is 2.33. The standard InChI is InChI=1S/C10H16ClN3/c1-12-6-8-9(11)14-10(13-8)7-4-2-3-5-7/h7,12H,2-6H2,1H3,(H,13,14). The van der Waals surface area contributed by atoms with Gasteiger partial charge in [-0.05, 0) is 19.9 Å². The molecule has 0 aromatic carbocycles. The minimum atomic E-state index is 0.609. The summed E-state index contributed by atoms with van der Waals surface area (Å²) >= 11 is 6.02. The number of halogens is 1. The SMILES string of the molecule is CNCc1[nH]c(C2CCCC2)nc1Cl. The number of hydrogen-bond acceptors (Lipinski definition) is 2. The second-order valence-electron chi connectivity index (χ2n) is 3.90. The summed E-state index contributed by atoms with van der Waals surface area (Å²) in [4.78, 5) is 7.70. The van der Waals surface area contributed by atoms with Crippen molar-refractivity contribution in [3.05, 3.63) is 16.7 Å². The topological polar surface area (TPSA) is 40.7 Å². The zero-order valence-electron chi connectivity index (χ0n) is 8.44. The summed E-state index contributed by atoms with van der Waals surface area (Å²) < 4.78 is 0. The van der Waals surface area contributed by atoms with Gasteiger partial charge in [0.25, 0.3) is 0 Å². The number of aromatic amines is 1. The second-order valence-corrected chi connectivity index (χ2v) is 4.26. The van der Waals surface area contributed by atoms with Crippen LogP contribution in [0, 0.1) is 0 Å². The highest BCUT2D eigenvalue weighted by atomic mass is 35.5. The van der Waals surface area contributed by atoms with Gasteiger partial charge in [-0.1, -0.05) is 24.4 Å². The smallest absolute Gasteiger partial charge is 0.151 e. The van der Waals surface area contributed by atoms with Gasteiger partial charge in [0.2, 0.25) is 0 Å². The third-order valence-corrected chi connectivity index (χ3v) is 3.15. The Morgan fingerprint density at radius 3 is 2.86 bits per heavy atom. The second kappa shape index (κ2) is 4.32. The van der Waals surface area contributed by atoms with E-state index in [0.29, 0.717) is 11.1 Å². The first kappa shape index (κ1) is 9.99. The number of aromatic nitrogens is 2. The molecule has 0 amide bonds. The average molecular weight is 214 g/mol. The number of nitrogens with zero attached hydrogens (tertiary/aromatic N) is 1. The molecule has 1 aromatic rings. The largest absolute Gasteiger partial charge is 0.343 e. The zero-order valence-corrected chi connectivity index (χ0v) is 9.19. The monoisotopic (exact) mass is 213 g/mol. The Kier molecular flexibility index (Phi) is 3.08. The fourth-order valence-corrected chi connectivity index (χ4v) is 2.30. The number of H-pyrrole nitrogens is 1. The highest BCUT2D eigenvalue weighted by molar-refractivity contribution is 6.30. The van der Waals surface area contributed by atoms with Gasteiger partial charge in [0.15, 0.2) is 5.15 Å². The third kappa shape index (κ3) is 1.93. The minimum absolute atomic E-state index is 0.609. The van der Waals surface area contributed by atoms with Crippen molar-refractivity contribution in [2.75, 3.05) is 7.05 Å². The van der Waals surface area contributed by atoms with Crippen LogP contribution in [-0.4, -0.2) is 17.0 Å². The summed E-state index contributed by atoms with van der Waals surface area (Å²) in [6, 6.07) is 0. The average Bonchev–Trinajstić information content (AvgIpc) is 2.76. The summed E-state index contributed by atoms with van der Waals surface area (Å²) in [7, 11) is 1.91. The molecule has 1 heterocycles. The lowest BCUT2D eigenvalue weighted by Crippen LogP contribution is -2.06. The fraction of sp³-hybridized carbons (Fsp3) is 0.700. The van der Waals surface area contributed by atoms with Crippen LogP contribution in [0.1, 0.15) is 43.1 Å². The Morgan fingerprint density at radius 2 is 2.21 bits per heavy atom. The molecule has 78 valence electrons. The third-order valence-electron chi connectivity index (χ3n) is 2.84. The molecule has 0 radical (unpaired) electrons. The van der Waals surface area contributed by atoms with Crippen molar-refractivity contribution in [2.45, 2.75) is 38.1 Å². The molecule has 0 unspecified atom stereocenters. The van der Waals surface area contributed by atoms with Crippen molar-refractivity contribution in [3.8, 4) is 0 Å². The first-order valence-corrected chi connectivity index (χ1v) is 5.58. The van der Waals surface area contributed by atoms with E-state index in [0.717, 1.165) is 18.1 Å². The van der Waals surface area contributed by atoms with Crippen LogP contribution in [0.4, 0.5) is 0 Å². The predicted octanol–water partition coefficient (Wildman–Crippen LogP) is 2.44. The lowest BCUT2D eigenvalue weighted by Gasteiger charge is -2.03. The molecule has 1 aliphatic carbocycles. The first-order valence-electron chi connectivity index (χ1n) is 5.20. The molecule has 1 fully saturated rings. The Labute approximate surface area is 89.3 Å². The van der Waals surface area contributed by atoms with E-state index in [4.69, 9.17) is 11.6 Å². The number of imidazole rings is 1. The molecule has 2 N–H and O–H groups in total. The molecule has 1 aromatic heterocycles. The molecule has 3 nitrogen and oxygen atoms in total. The summed E-state index contributed by atoms with van der Waals surface area (Å²) in [5.41, 5.74) is 1.01. The van der Waals surface area contributed by atoms with E-state index in [1.54, 1.807) is 0 Å². The number of nitrogens with one attached hydrogen (secondary N) is 2. The molecule has 1 aliphatic rings. The van der Waals surface area contributed by atoms with Crippen molar-refractivity contribution in [1.82, 2.24) is 15.3 Å². The van der Waals surface area contributed by atoms with E-state index < -0.39 is 0 Å². The molecule has 0 aliphatic heterocycles. The quantitative estimate of drug-likeness (QED) is 0.810. The van der Waals surface area contributed by atoms with Crippen LogP contribution in [0.15, 0.2) is 0 Å². The maximum Gasteiger partial charge on any atom is 0.151 e. The van der Waals surface area contributed by atoms with Gasteiger partial charge in [-0.3, -0.25) is 0 Å². The molecule has 1 saturated carbocycles. The predicted molar refractivity (Wildman–Crippen MR) is 57.6 cm³/mol. The molecular formula is C10H16ClN3. The van der Waals surface area contributed by atoms with Crippen LogP contribution in [0.5, 0.6) is 0 Å². The highest BCUT2D eigenvalue weighted by Gasteiger charge is 2.21. The van der Waals surface area contributed by atoms with Crippen LogP contribution in [0.2, 0.25) is 5.15 Å². The Hall–Kier alpha value is -0.540. The van der Waals surface area contributed by atoms with Crippen LogP contribution in [-0.2, 0) is 6.54 Å². The molecule has 0 atom stereocenters. The Morgan fingerprint density at radius 1 is 1.50 bits per heavy atom. The van der Waals surface area contributed by atoms with Gasteiger partial charge < -0.3 is 10.3 Å². The summed E-state index contributed by atoms with van der Waals surface area (Å²) in [6.07, 6.45) is 5.15. The summed E-state index contributed by atoms with van der Waals surface area (Å²) in [6.45, 7) is 0.762. The molecule has 0 bridgehead atoms.